The lowest BCUT2D eigenvalue weighted by Gasteiger charge is -2.44. The molecule has 1 spiro atoms. The predicted octanol–water partition coefficient (Wildman–Crippen LogP) is 12.9. The van der Waals surface area contributed by atoms with Crippen LogP contribution in [-0.4, -0.2) is 0 Å². The number of benzene rings is 6. The van der Waals surface area contributed by atoms with Crippen molar-refractivity contribution in [3.8, 4) is 11.1 Å². The van der Waals surface area contributed by atoms with Crippen LogP contribution in [0.1, 0.15) is 119 Å². The van der Waals surface area contributed by atoms with Crippen LogP contribution in [0.4, 0.5) is 0 Å². The lowest BCUT2D eigenvalue weighted by molar-refractivity contribution is 0.235. The molecule has 272 valence electrons. The van der Waals surface area contributed by atoms with Gasteiger partial charge in [0.2, 0.25) is 0 Å². The summed E-state index contributed by atoms with van der Waals surface area (Å²) in [6.07, 6.45) is 32.5. The molecule has 57 heavy (non-hydrogen) atoms. The number of hydrogen-bond acceptors (Lipinski definition) is 0. The molecular formula is C57H44. The minimum atomic E-state index is -0.105. The second-order valence-electron chi connectivity index (χ2n) is 18.3. The van der Waals surface area contributed by atoms with Gasteiger partial charge in [0.15, 0.2) is 0 Å². The summed E-state index contributed by atoms with van der Waals surface area (Å²) in [6.45, 7) is 0. The van der Waals surface area contributed by atoms with Gasteiger partial charge in [0.05, 0.1) is 0 Å². The van der Waals surface area contributed by atoms with E-state index >= 15 is 0 Å². The van der Waals surface area contributed by atoms with Crippen molar-refractivity contribution in [2.45, 2.75) is 74.0 Å². The predicted molar refractivity (Wildman–Crippen MR) is 239 cm³/mol. The molecular weight excluding hydrogens is 685 g/mol. The molecule has 0 nitrogen and oxygen atoms in total. The van der Waals surface area contributed by atoms with Gasteiger partial charge in [-0.05, 0) is 173 Å². The molecule has 0 aromatic heterocycles. The zero-order valence-corrected chi connectivity index (χ0v) is 32.3. The summed E-state index contributed by atoms with van der Waals surface area (Å²) in [5.74, 6) is 2.61. The standard InChI is InChI=1S/C57H44/c1-3-13-49-43(11-1)44-12-2-4-14-50(44)57(49)51-31-39(41-25-19-37-17-15-33-7-5-9-35-21-29-47(41)55(37)53(33)35)23-27-45(51)46-28-24-40(32-52(46)57)42-26-20-38-18-16-34-8-6-10-36-22-30-48(42)56(38)54(34)36/h1-3,5-9,11-13,15-20,22,24-26,28-30,32,35-36,39,45,51H,4,10,14,21,23,27,31H2. The van der Waals surface area contributed by atoms with Crippen molar-refractivity contribution in [1.29, 1.82) is 0 Å². The Morgan fingerprint density at radius 1 is 0.649 bits per heavy atom. The zero-order chi connectivity index (χ0) is 37.0. The van der Waals surface area contributed by atoms with E-state index in [-0.39, 0.29) is 5.41 Å². The van der Waals surface area contributed by atoms with E-state index in [1.54, 1.807) is 38.6 Å². The summed E-state index contributed by atoms with van der Waals surface area (Å²) in [6, 6.07) is 36.6. The van der Waals surface area contributed by atoms with E-state index in [4.69, 9.17) is 0 Å². The fourth-order valence-corrected chi connectivity index (χ4v) is 13.9. The fourth-order valence-electron chi connectivity index (χ4n) is 13.9. The fraction of sp³-hybridized carbons (Fsp3) is 0.228. The normalized spacial score (nSPS) is 27.3. The summed E-state index contributed by atoms with van der Waals surface area (Å²) in [7, 11) is 0. The molecule has 1 saturated carbocycles. The highest BCUT2D eigenvalue weighted by atomic mass is 14.6. The maximum Gasteiger partial charge on any atom is 0.0463 e. The van der Waals surface area contributed by atoms with Crippen molar-refractivity contribution < 1.29 is 0 Å². The summed E-state index contributed by atoms with van der Waals surface area (Å²) in [4.78, 5) is 0. The average Bonchev–Trinajstić information content (AvgIpc) is 3.74. The summed E-state index contributed by atoms with van der Waals surface area (Å²) >= 11 is 0. The van der Waals surface area contributed by atoms with Crippen molar-refractivity contribution in [3.63, 3.8) is 0 Å². The Balaban J connectivity index is 0.975. The SMILES string of the molecule is C1=CC2CC=c3c(C4CCC5c6ccc(-c7ccc8ccc9c%10c8c7C=CC%10CC=C9)cc6C6(C7=C(C=CCC7)c7ccccc76)C5C4)ccc4ccc(c2c34)=C1. The first-order chi connectivity index (χ1) is 28.3. The molecule has 0 amide bonds. The lowest BCUT2D eigenvalue weighted by Crippen LogP contribution is -2.38. The minimum absolute atomic E-state index is 0.105. The molecule has 0 heteroatoms. The number of fused-ring (bicyclic) bond motifs is 9. The second-order valence-corrected chi connectivity index (χ2v) is 18.3. The first-order valence-electron chi connectivity index (χ1n) is 21.8. The topological polar surface area (TPSA) is 0 Å². The van der Waals surface area contributed by atoms with Crippen LogP contribution in [0.15, 0.2) is 133 Å². The van der Waals surface area contributed by atoms with Gasteiger partial charge in [0.1, 0.15) is 0 Å². The molecule has 8 aliphatic carbocycles. The molecule has 6 atom stereocenters. The van der Waals surface area contributed by atoms with Gasteiger partial charge in [0.25, 0.3) is 0 Å². The molecule has 0 saturated heterocycles. The van der Waals surface area contributed by atoms with Gasteiger partial charge in [-0.25, -0.2) is 0 Å². The van der Waals surface area contributed by atoms with Gasteiger partial charge in [-0.3, -0.25) is 0 Å². The van der Waals surface area contributed by atoms with Gasteiger partial charge >= 0.3 is 0 Å². The zero-order valence-electron chi connectivity index (χ0n) is 32.3. The highest BCUT2D eigenvalue weighted by molar-refractivity contribution is 6.03. The molecule has 0 bridgehead atoms. The minimum Gasteiger partial charge on any atom is -0.0836 e. The van der Waals surface area contributed by atoms with Crippen LogP contribution >= 0.6 is 0 Å². The quantitative estimate of drug-likeness (QED) is 0.167. The summed E-state index contributed by atoms with van der Waals surface area (Å²) in [5.41, 5.74) is 19.7. The second kappa shape index (κ2) is 11.2. The van der Waals surface area contributed by atoms with Crippen LogP contribution in [0.5, 0.6) is 0 Å². The molecule has 0 N–H and O–H groups in total. The maximum atomic E-state index is 2.70. The summed E-state index contributed by atoms with van der Waals surface area (Å²) < 4.78 is 0. The van der Waals surface area contributed by atoms with Crippen LogP contribution < -0.4 is 10.4 Å². The van der Waals surface area contributed by atoms with E-state index in [0.29, 0.717) is 29.6 Å². The maximum absolute atomic E-state index is 2.70. The van der Waals surface area contributed by atoms with Crippen molar-refractivity contribution >= 4 is 51.4 Å². The van der Waals surface area contributed by atoms with E-state index in [9.17, 15) is 0 Å². The largest absolute Gasteiger partial charge is 0.0836 e. The van der Waals surface area contributed by atoms with Gasteiger partial charge in [-0.15, -0.1) is 0 Å². The molecule has 6 aromatic rings. The molecule has 6 unspecified atom stereocenters. The Bertz CT molecular complexity index is 3140. The van der Waals surface area contributed by atoms with Crippen LogP contribution in [-0.2, 0) is 5.41 Å². The van der Waals surface area contributed by atoms with E-state index in [2.05, 4.69) is 152 Å². The van der Waals surface area contributed by atoms with Crippen molar-refractivity contribution in [3.05, 3.63) is 194 Å². The Kier molecular flexibility index (Phi) is 6.18. The average molecular weight is 729 g/mol. The van der Waals surface area contributed by atoms with E-state index in [1.165, 1.54) is 85.0 Å². The monoisotopic (exact) mass is 728 g/mol. The van der Waals surface area contributed by atoms with Crippen molar-refractivity contribution in [2.24, 2.45) is 5.92 Å². The molecule has 6 aromatic carbocycles. The molecule has 14 rings (SSSR count). The van der Waals surface area contributed by atoms with Crippen LogP contribution in [0.25, 0.3) is 62.5 Å². The third-order valence-corrected chi connectivity index (χ3v) is 16.1. The van der Waals surface area contributed by atoms with Crippen molar-refractivity contribution in [2.75, 3.05) is 0 Å². The molecule has 1 fully saturated rings. The van der Waals surface area contributed by atoms with Crippen LogP contribution in [0, 0.1) is 5.92 Å². The van der Waals surface area contributed by atoms with E-state index in [1.807, 2.05) is 0 Å². The third-order valence-electron chi connectivity index (χ3n) is 16.1. The van der Waals surface area contributed by atoms with E-state index in [0.717, 1.165) is 25.7 Å². The number of allylic oxidation sites excluding steroid dienone is 8. The smallest absolute Gasteiger partial charge is 0.0463 e. The first kappa shape index (κ1) is 31.4. The Labute approximate surface area is 334 Å². The van der Waals surface area contributed by atoms with Crippen LogP contribution in [0.2, 0.25) is 0 Å². The van der Waals surface area contributed by atoms with Gasteiger partial charge in [-0.2, -0.15) is 0 Å². The summed E-state index contributed by atoms with van der Waals surface area (Å²) in [5, 5.41) is 8.75. The molecule has 0 aliphatic heterocycles. The van der Waals surface area contributed by atoms with Gasteiger partial charge < -0.3 is 0 Å². The van der Waals surface area contributed by atoms with Crippen molar-refractivity contribution in [1.82, 2.24) is 0 Å². The third kappa shape index (κ3) is 3.95. The molecule has 0 radical (unpaired) electrons. The highest BCUT2D eigenvalue weighted by Crippen LogP contribution is 2.69. The van der Waals surface area contributed by atoms with Gasteiger partial charge in [-0.1, -0.05) is 146 Å². The highest BCUT2D eigenvalue weighted by Gasteiger charge is 2.60. The Morgan fingerprint density at radius 2 is 1.53 bits per heavy atom. The van der Waals surface area contributed by atoms with Crippen LogP contribution in [0.3, 0.4) is 0 Å². The van der Waals surface area contributed by atoms with Gasteiger partial charge in [0, 0.05) is 17.3 Å². The van der Waals surface area contributed by atoms with E-state index < -0.39 is 0 Å². The number of rotatable bonds is 2. The lowest BCUT2D eigenvalue weighted by atomic mass is 9.58. The molecule has 0 heterocycles. The molecule has 8 aliphatic rings. The number of hydrogen-bond donors (Lipinski definition) is 0. The first-order valence-corrected chi connectivity index (χ1v) is 21.8. The Hall–Kier alpha value is -5.72. The Morgan fingerprint density at radius 3 is 2.53 bits per heavy atom.